The van der Waals surface area contributed by atoms with Crippen LogP contribution in [0.2, 0.25) is 0 Å². The molecule has 0 aromatic heterocycles. The van der Waals surface area contributed by atoms with Crippen molar-refractivity contribution in [3.05, 3.63) is 34.9 Å². The summed E-state index contributed by atoms with van der Waals surface area (Å²) in [4.78, 5) is 22.4. The molecule has 0 radical (unpaired) electrons. The molecule has 2 unspecified atom stereocenters. The zero-order valence-corrected chi connectivity index (χ0v) is 13.6. The second-order valence-corrected chi connectivity index (χ2v) is 6.29. The van der Waals surface area contributed by atoms with Gasteiger partial charge in [-0.25, -0.2) is 0 Å². The standard InChI is InChI=1S/C18H26O4/c1-12(2)5-4-6-13(3)7-8-14-9-10-15(17(19)20)16(11-14)18(21)22/h5,7-8,15-16H,4,6,9-11H2,1-3H3,(H,19,20)(H,21,22)/b13-7+,14-8+. The van der Waals surface area contributed by atoms with Gasteiger partial charge in [-0.15, -0.1) is 0 Å². The average Bonchev–Trinajstić information content (AvgIpc) is 2.44. The van der Waals surface area contributed by atoms with Crippen molar-refractivity contribution in [2.75, 3.05) is 0 Å². The molecule has 0 spiro atoms. The Hall–Kier alpha value is -1.84. The van der Waals surface area contributed by atoms with Gasteiger partial charge in [0.05, 0.1) is 11.8 Å². The highest BCUT2D eigenvalue weighted by molar-refractivity contribution is 5.80. The molecular weight excluding hydrogens is 280 g/mol. The van der Waals surface area contributed by atoms with Crippen LogP contribution in [0, 0.1) is 11.8 Å². The molecule has 4 nitrogen and oxygen atoms in total. The van der Waals surface area contributed by atoms with Crippen LogP contribution in [0.15, 0.2) is 34.9 Å². The van der Waals surface area contributed by atoms with Crippen LogP contribution in [-0.4, -0.2) is 22.2 Å². The lowest BCUT2D eigenvalue weighted by molar-refractivity contribution is -0.154. The Morgan fingerprint density at radius 3 is 2.32 bits per heavy atom. The molecule has 1 aliphatic carbocycles. The first-order valence-corrected chi connectivity index (χ1v) is 7.75. The summed E-state index contributed by atoms with van der Waals surface area (Å²) >= 11 is 0. The fraction of sp³-hybridized carbons (Fsp3) is 0.556. The van der Waals surface area contributed by atoms with E-state index in [1.54, 1.807) is 0 Å². The first kappa shape index (κ1) is 18.2. The van der Waals surface area contributed by atoms with E-state index in [0.29, 0.717) is 19.3 Å². The maximum atomic E-state index is 11.2. The molecule has 1 aliphatic rings. The van der Waals surface area contributed by atoms with E-state index in [4.69, 9.17) is 5.11 Å². The quantitative estimate of drug-likeness (QED) is 0.721. The van der Waals surface area contributed by atoms with Crippen LogP contribution in [-0.2, 0) is 9.59 Å². The molecule has 0 aromatic carbocycles. The Kier molecular flexibility index (Phi) is 7.09. The lowest BCUT2D eigenvalue weighted by Crippen LogP contribution is -2.33. The highest BCUT2D eigenvalue weighted by atomic mass is 16.4. The van der Waals surface area contributed by atoms with E-state index in [9.17, 15) is 14.7 Å². The van der Waals surface area contributed by atoms with Crippen LogP contribution in [0.1, 0.15) is 52.9 Å². The normalized spacial score (nSPS) is 24.1. The third-order valence-electron chi connectivity index (χ3n) is 4.07. The Labute approximate surface area is 132 Å². The van der Waals surface area contributed by atoms with Crippen LogP contribution in [0.5, 0.6) is 0 Å². The van der Waals surface area contributed by atoms with Crippen LogP contribution < -0.4 is 0 Å². The molecule has 0 heterocycles. The smallest absolute Gasteiger partial charge is 0.307 e. The third kappa shape index (κ3) is 5.88. The lowest BCUT2D eigenvalue weighted by atomic mass is 9.76. The van der Waals surface area contributed by atoms with Crippen molar-refractivity contribution in [3.63, 3.8) is 0 Å². The number of rotatable bonds is 6. The molecule has 1 saturated carbocycles. The molecule has 1 rings (SSSR count). The van der Waals surface area contributed by atoms with Gasteiger partial charge in [-0.3, -0.25) is 9.59 Å². The lowest BCUT2D eigenvalue weighted by Gasteiger charge is -2.27. The van der Waals surface area contributed by atoms with E-state index in [2.05, 4.69) is 26.8 Å². The molecule has 22 heavy (non-hydrogen) atoms. The van der Waals surface area contributed by atoms with Crippen LogP contribution in [0.25, 0.3) is 0 Å². The monoisotopic (exact) mass is 306 g/mol. The van der Waals surface area contributed by atoms with Crippen molar-refractivity contribution >= 4 is 11.9 Å². The molecule has 2 N–H and O–H groups in total. The van der Waals surface area contributed by atoms with Gasteiger partial charge in [0.1, 0.15) is 0 Å². The first-order valence-electron chi connectivity index (χ1n) is 7.75. The summed E-state index contributed by atoms with van der Waals surface area (Å²) in [6.07, 6.45) is 9.61. The van der Waals surface area contributed by atoms with E-state index in [-0.39, 0.29) is 0 Å². The first-order chi connectivity index (χ1) is 10.3. The molecule has 0 aliphatic heterocycles. The highest BCUT2D eigenvalue weighted by Crippen LogP contribution is 2.34. The summed E-state index contributed by atoms with van der Waals surface area (Å²) in [5, 5.41) is 18.3. The molecule has 0 amide bonds. The number of aliphatic carboxylic acids is 2. The average molecular weight is 306 g/mol. The number of carbonyl (C=O) groups is 2. The summed E-state index contributed by atoms with van der Waals surface area (Å²) < 4.78 is 0. The summed E-state index contributed by atoms with van der Waals surface area (Å²) in [7, 11) is 0. The van der Waals surface area contributed by atoms with Gasteiger partial charge in [0.2, 0.25) is 0 Å². The second kappa shape index (κ2) is 8.57. The van der Waals surface area contributed by atoms with E-state index in [1.807, 2.05) is 12.2 Å². The van der Waals surface area contributed by atoms with Crippen molar-refractivity contribution in [2.24, 2.45) is 11.8 Å². The molecular formula is C18H26O4. The summed E-state index contributed by atoms with van der Waals surface area (Å²) in [6.45, 7) is 6.22. The molecule has 0 aromatic rings. The maximum absolute atomic E-state index is 11.2. The SMILES string of the molecule is CC(C)=CCC/C(C)=C/C=C1\CCC(C(=O)O)C(C(=O)O)C1. The Morgan fingerprint density at radius 1 is 1.14 bits per heavy atom. The number of hydrogen-bond acceptors (Lipinski definition) is 2. The molecule has 0 saturated heterocycles. The van der Waals surface area contributed by atoms with Crippen molar-refractivity contribution in [2.45, 2.75) is 52.9 Å². The molecule has 4 heteroatoms. The van der Waals surface area contributed by atoms with Crippen LogP contribution in [0.4, 0.5) is 0 Å². The van der Waals surface area contributed by atoms with Gasteiger partial charge >= 0.3 is 11.9 Å². The van der Waals surface area contributed by atoms with Gasteiger partial charge in [0, 0.05) is 0 Å². The van der Waals surface area contributed by atoms with E-state index in [1.165, 1.54) is 11.1 Å². The van der Waals surface area contributed by atoms with Gasteiger partial charge in [-0.05, 0) is 52.9 Å². The van der Waals surface area contributed by atoms with Crippen molar-refractivity contribution < 1.29 is 19.8 Å². The van der Waals surface area contributed by atoms with Gasteiger partial charge < -0.3 is 10.2 Å². The fourth-order valence-electron chi connectivity index (χ4n) is 2.71. The highest BCUT2D eigenvalue weighted by Gasteiger charge is 2.37. The number of carboxylic acids is 2. The van der Waals surface area contributed by atoms with Crippen molar-refractivity contribution in [3.8, 4) is 0 Å². The summed E-state index contributed by atoms with van der Waals surface area (Å²) in [6, 6.07) is 0. The van der Waals surface area contributed by atoms with Crippen LogP contribution >= 0.6 is 0 Å². The largest absolute Gasteiger partial charge is 0.481 e. The fourth-order valence-corrected chi connectivity index (χ4v) is 2.71. The van der Waals surface area contributed by atoms with E-state index < -0.39 is 23.8 Å². The Morgan fingerprint density at radius 2 is 1.77 bits per heavy atom. The second-order valence-electron chi connectivity index (χ2n) is 6.29. The van der Waals surface area contributed by atoms with Gasteiger partial charge in [-0.1, -0.05) is 34.9 Å². The number of allylic oxidation sites excluding steroid dienone is 6. The number of hydrogen-bond donors (Lipinski definition) is 2. The summed E-state index contributed by atoms with van der Waals surface area (Å²) in [5.74, 6) is -3.59. The predicted octanol–water partition coefficient (Wildman–Crippen LogP) is 4.19. The van der Waals surface area contributed by atoms with E-state index >= 15 is 0 Å². The topological polar surface area (TPSA) is 74.6 Å². The van der Waals surface area contributed by atoms with E-state index in [0.717, 1.165) is 18.4 Å². The van der Waals surface area contributed by atoms with Crippen LogP contribution in [0.3, 0.4) is 0 Å². The number of carboxylic acid groups (broad SMARTS) is 2. The minimum atomic E-state index is -1.01. The molecule has 0 bridgehead atoms. The molecule has 2 atom stereocenters. The molecule has 1 fully saturated rings. The minimum absolute atomic E-state index is 0.337. The third-order valence-corrected chi connectivity index (χ3v) is 4.07. The zero-order valence-electron chi connectivity index (χ0n) is 13.6. The Balaban J connectivity index is 2.67. The maximum Gasteiger partial charge on any atom is 0.307 e. The van der Waals surface area contributed by atoms with Crippen molar-refractivity contribution in [1.29, 1.82) is 0 Å². The van der Waals surface area contributed by atoms with Crippen molar-refractivity contribution in [1.82, 2.24) is 0 Å². The molecule has 122 valence electrons. The zero-order chi connectivity index (χ0) is 16.7. The Bertz CT molecular complexity index is 507. The summed E-state index contributed by atoms with van der Waals surface area (Å²) in [5.41, 5.74) is 3.59. The van der Waals surface area contributed by atoms with Gasteiger partial charge in [0.15, 0.2) is 0 Å². The van der Waals surface area contributed by atoms with Gasteiger partial charge in [0.25, 0.3) is 0 Å². The minimum Gasteiger partial charge on any atom is -0.481 e. The van der Waals surface area contributed by atoms with Gasteiger partial charge in [-0.2, -0.15) is 0 Å². The predicted molar refractivity (Wildman–Crippen MR) is 86.6 cm³/mol.